The Kier molecular flexibility index (Phi) is 3.67. The van der Waals surface area contributed by atoms with E-state index in [1.165, 1.54) is 12.1 Å². The number of anilines is 1. The highest BCUT2D eigenvalue weighted by Crippen LogP contribution is 2.31. The Bertz CT molecular complexity index is 435. The second kappa shape index (κ2) is 5.05. The maximum absolute atomic E-state index is 13.1. The van der Waals surface area contributed by atoms with Crippen LogP contribution < -0.4 is 4.90 Å². The molecule has 0 aromatic heterocycles. The number of carbonyl (C=O) groups excluding carboxylic acids is 1. The summed E-state index contributed by atoms with van der Waals surface area (Å²) in [6.07, 6.45) is 2.01. The molecule has 0 saturated carbocycles. The van der Waals surface area contributed by atoms with Crippen molar-refractivity contribution >= 4 is 23.2 Å². The summed E-state index contributed by atoms with van der Waals surface area (Å²) in [7, 11) is 0. The minimum atomic E-state index is -0.247. The summed E-state index contributed by atoms with van der Waals surface area (Å²) in [6.45, 7) is 2.01. The topological polar surface area (TPSA) is 20.3 Å². The van der Waals surface area contributed by atoms with E-state index in [4.69, 9.17) is 11.6 Å². The smallest absolute Gasteiger partial charge is 0.228 e. The number of alkyl halides is 1. The number of amides is 1. The lowest BCUT2D eigenvalue weighted by Gasteiger charge is -2.35. The molecular weight excluding hydrogens is 241 g/mol. The van der Waals surface area contributed by atoms with Crippen LogP contribution in [0.2, 0.25) is 0 Å². The molecule has 1 amide bonds. The van der Waals surface area contributed by atoms with Crippen molar-refractivity contribution in [2.24, 2.45) is 0 Å². The van der Waals surface area contributed by atoms with Crippen LogP contribution in [0.25, 0.3) is 0 Å². The Morgan fingerprint density at radius 3 is 3.06 bits per heavy atom. The Balaban J connectivity index is 2.36. The number of hydrogen-bond acceptors (Lipinski definition) is 1. The molecular formula is C13H15ClFNO. The zero-order valence-corrected chi connectivity index (χ0v) is 10.5. The molecule has 0 bridgehead atoms. The number of nitrogens with zero attached hydrogens (tertiary/aromatic N) is 1. The van der Waals surface area contributed by atoms with E-state index in [9.17, 15) is 9.18 Å². The van der Waals surface area contributed by atoms with Crippen LogP contribution in [0.3, 0.4) is 0 Å². The summed E-state index contributed by atoms with van der Waals surface area (Å²) < 4.78 is 13.1. The van der Waals surface area contributed by atoms with Crippen LogP contribution in [0.15, 0.2) is 18.2 Å². The standard InChI is InChI=1S/C13H15ClFNO/c1-9-2-3-10-8-11(15)4-5-12(10)16(9)13(17)6-7-14/h4-5,8-9H,2-3,6-7H2,1H3. The van der Waals surface area contributed by atoms with Gasteiger partial charge in [0.2, 0.25) is 5.91 Å². The Morgan fingerprint density at radius 1 is 1.59 bits per heavy atom. The first-order chi connectivity index (χ1) is 8.13. The number of fused-ring (bicyclic) bond motifs is 1. The average Bonchev–Trinajstić information content (AvgIpc) is 2.29. The third kappa shape index (κ3) is 2.44. The number of aryl methyl sites for hydroxylation is 1. The summed E-state index contributed by atoms with van der Waals surface area (Å²) in [5, 5.41) is 0. The molecule has 0 spiro atoms. The molecule has 2 rings (SSSR count). The van der Waals surface area contributed by atoms with E-state index in [2.05, 4.69) is 0 Å². The van der Waals surface area contributed by atoms with Gasteiger partial charge in [-0.1, -0.05) is 0 Å². The Labute approximate surface area is 105 Å². The van der Waals surface area contributed by atoms with Crippen molar-refractivity contribution < 1.29 is 9.18 Å². The van der Waals surface area contributed by atoms with Gasteiger partial charge in [-0.25, -0.2) is 4.39 Å². The SMILES string of the molecule is CC1CCc2cc(F)ccc2N1C(=O)CCCl. The van der Waals surface area contributed by atoms with E-state index >= 15 is 0 Å². The molecule has 0 radical (unpaired) electrons. The van der Waals surface area contributed by atoms with Crippen LogP contribution in [0.4, 0.5) is 10.1 Å². The van der Waals surface area contributed by atoms with E-state index in [0.717, 1.165) is 24.1 Å². The van der Waals surface area contributed by atoms with Gasteiger partial charge in [0, 0.05) is 24.0 Å². The molecule has 4 heteroatoms. The largest absolute Gasteiger partial charge is 0.309 e. The molecule has 0 saturated heterocycles. The van der Waals surface area contributed by atoms with Gasteiger partial charge in [0.05, 0.1) is 0 Å². The summed E-state index contributed by atoms with van der Waals surface area (Å²) >= 11 is 5.61. The molecule has 0 aliphatic carbocycles. The summed E-state index contributed by atoms with van der Waals surface area (Å²) in [5.41, 5.74) is 1.74. The second-order valence-electron chi connectivity index (χ2n) is 4.36. The first kappa shape index (κ1) is 12.4. The van der Waals surface area contributed by atoms with E-state index < -0.39 is 0 Å². The molecule has 92 valence electrons. The van der Waals surface area contributed by atoms with Crippen molar-refractivity contribution in [1.29, 1.82) is 0 Å². The number of rotatable bonds is 2. The Morgan fingerprint density at radius 2 is 2.35 bits per heavy atom. The molecule has 1 atom stereocenters. The maximum Gasteiger partial charge on any atom is 0.228 e. The lowest BCUT2D eigenvalue weighted by Crippen LogP contribution is -2.42. The monoisotopic (exact) mass is 255 g/mol. The molecule has 1 aromatic rings. The van der Waals surface area contributed by atoms with Gasteiger partial charge in [-0.15, -0.1) is 11.6 Å². The van der Waals surface area contributed by atoms with Crippen LogP contribution in [0, 0.1) is 5.82 Å². The molecule has 1 aromatic carbocycles. The van der Waals surface area contributed by atoms with E-state index in [-0.39, 0.29) is 17.8 Å². The highest BCUT2D eigenvalue weighted by atomic mass is 35.5. The van der Waals surface area contributed by atoms with Crippen molar-refractivity contribution in [2.45, 2.75) is 32.2 Å². The van der Waals surface area contributed by atoms with Crippen LogP contribution in [0.5, 0.6) is 0 Å². The number of hydrogen-bond donors (Lipinski definition) is 0. The highest BCUT2D eigenvalue weighted by molar-refractivity contribution is 6.19. The molecule has 1 unspecified atom stereocenters. The molecule has 1 heterocycles. The van der Waals surface area contributed by atoms with Gasteiger partial charge in [-0.05, 0) is 43.5 Å². The number of benzene rings is 1. The van der Waals surface area contributed by atoms with Gasteiger partial charge in [0.15, 0.2) is 0 Å². The van der Waals surface area contributed by atoms with Crippen LogP contribution in [0.1, 0.15) is 25.3 Å². The fraction of sp³-hybridized carbons (Fsp3) is 0.462. The summed E-state index contributed by atoms with van der Waals surface area (Å²) in [5.74, 6) is 0.0848. The fourth-order valence-corrected chi connectivity index (χ4v) is 2.46. The van der Waals surface area contributed by atoms with Crippen LogP contribution in [-0.2, 0) is 11.2 Å². The van der Waals surface area contributed by atoms with Gasteiger partial charge in [0.1, 0.15) is 5.82 Å². The third-order valence-corrected chi connectivity index (χ3v) is 3.34. The van der Waals surface area contributed by atoms with E-state index in [0.29, 0.717) is 12.3 Å². The first-order valence-corrected chi connectivity index (χ1v) is 6.33. The first-order valence-electron chi connectivity index (χ1n) is 5.80. The number of halogens is 2. The third-order valence-electron chi connectivity index (χ3n) is 3.15. The normalized spacial score (nSPS) is 19.0. The zero-order chi connectivity index (χ0) is 12.4. The van der Waals surface area contributed by atoms with Crippen molar-refractivity contribution in [3.8, 4) is 0 Å². The summed E-state index contributed by atoms with van der Waals surface area (Å²) in [6, 6.07) is 4.76. The van der Waals surface area contributed by atoms with Crippen molar-refractivity contribution in [3.05, 3.63) is 29.6 Å². The zero-order valence-electron chi connectivity index (χ0n) is 9.75. The molecule has 0 fully saturated rings. The minimum Gasteiger partial charge on any atom is -0.309 e. The number of carbonyl (C=O) groups is 1. The predicted molar refractivity (Wildman–Crippen MR) is 67.0 cm³/mol. The van der Waals surface area contributed by atoms with Crippen molar-refractivity contribution in [1.82, 2.24) is 0 Å². The molecule has 0 N–H and O–H groups in total. The predicted octanol–water partition coefficient (Wildman–Crippen LogP) is 3.12. The molecule has 1 aliphatic heterocycles. The van der Waals surface area contributed by atoms with E-state index in [1.54, 1.807) is 11.0 Å². The van der Waals surface area contributed by atoms with Gasteiger partial charge in [0.25, 0.3) is 0 Å². The lowest BCUT2D eigenvalue weighted by atomic mass is 9.96. The lowest BCUT2D eigenvalue weighted by molar-refractivity contribution is -0.118. The van der Waals surface area contributed by atoms with Gasteiger partial charge < -0.3 is 4.90 Å². The summed E-state index contributed by atoms with van der Waals surface area (Å²) in [4.78, 5) is 13.8. The molecule has 1 aliphatic rings. The molecule has 2 nitrogen and oxygen atoms in total. The van der Waals surface area contributed by atoms with Crippen LogP contribution in [-0.4, -0.2) is 17.8 Å². The molecule has 17 heavy (non-hydrogen) atoms. The van der Waals surface area contributed by atoms with Crippen LogP contribution >= 0.6 is 11.6 Å². The quantitative estimate of drug-likeness (QED) is 0.744. The van der Waals surface area contributed by atoms with Gasteiger partial charge >= 0.3 is 0 Å². The van der Waals surface area contributed by atoms with E-state index in [1.807, 2.05) is 6.92 Å². The van der Waals surface area contributed by atoms with Crippen molar-refractivity contribution in [2.75, 3.05) is 10.8 Å². The highest BCUT2D eigenvalue weighted by Gasteiger charge is 2.27. The maximum atomic E-state index is 13.1. The fourth-order valence-electron chi connectivity index (χ4n) is 2.30. The van der Waals surface area contributed by atoms with Gasteiger partial charge in [-0.2, -0.15) is 0 Å². The average molecular weight is 256 g/mol. The Hall–Kier alpha value is -1.09. The minimum absolute atomic E-state index is 0.0139. The van der Waals surface area contributed by atoms with Gasteiger partial charge in [-0.3, -0.25) is 4.79 Å². The second-order valence-corrected chi connectivity index (χ2v) is 4.74. The van der Waals surface area contributed by atoms with Crippen molar-refractivity contribution in [3.63, 3.8) is 0 Å².